The third-order valence-electron chi connectivity index (χ3n) is 8.78. The molecule has 0 bridgehead atoms. The summed E-state index contributed by atoms with van der Waals surface area (Å²) in [6.45, 7) is 1.97. The van der Waals surface area contributed by atoms with E-state index in [0.717, 1.165) is 32.1 Å². The minimum atomic E-state index is -10.1. The number of rotatable bonds is 28. The van der Waals surface area contributed by atoms with Gasteiger partial charge in [0.25, 0.3) is 3.41 Å². The van der Waals surface area contributed by atoms with Crippen molar-refractivity contribution in [2.75, 3.05) is 0 Å². The van der Waals surface area contributed by atoms with Gasteiger partial charge in [0.15, 0.2) is 4.08 Å². The van der Waals surface area contributed by atoms with Gasteiger partial charge in [-0.2, -0.15) is 0 Å². The van der Waals surface area contributed by atoms with Crippen molar-refractivity contribution in [1.29, 1.82) is 0 Å². The molecule has 0 heterocycles. The fourth-order valence-corrected chi connectivity index (χ4v) is 31.3. The van der Waals surface area contributed by atoms with Gasteiger partial charge in [-0.15, -0.1) is 0 Å². The molecule has 0 rings (SSSR count). The third-order valence-corrected chi connectivity index (χ3v) is 30.4. The largest absolute Gasteiger partial charge is 1.00 e. The Hall–Kier alpha value is 9.10. The topological polar surface area (TPSA) is 572 Å². The molecular weight excluding hydrogens is 1270 g/mol. The zero-order chi connectivity index (χ0) is 48.5. The molecule has 0 aromatic rings. The average molecular weight is 1300 g/mol. The summed E-state index contributed by atoms with van der Waals surface area (Å²) < 4.78 is 348. The Labute approximate surface area is 630 Å². The van der Waals surface area contributed by atoms with Gasteiger partial charge in [0.1, 0.15) is 101 Å². The van der Waals surface area contributed by atoms with Crippen LogP contribution in [0.2, 0.25) is 0 Å². The number of unbranched alkanes of at least 4 members (excludes halogenated alkanes) is 12. The van der Waals surface area contributed by atoms with Crippen LogP contribution in [0.25, 0.3) is 0 Å². The summed E-state index contributed by atoms with van der Waals surface area (Å²) in [6.07, 6.45) is 0.712. The van der Waals surface area contributed by atoms with Crippen molar-refractivity contribution in [2.45, 2.75) is 118 Å². The van der Waals surface area contributed by atoms with Gasteiger partial charge < -0.3 is 45.5 Å². The molecular formula is C20H32Na10O30S10. The van der Waals surface area contributed by atoms with Crippen molar-refractivity contribution < 1.29 is 425 Å². The maximum absolute atomic E-state index is 13.1. The van der Waals surface area contributed by atoms with E-state index < -0.39 is 141 Å². The summed E-state index contributed by atoms with van der Waals surface area (Å²) in [5.41, 5.74) is 0. The van der Waals surface area contributed by atoms with Crippen molar-refractivity contribution in [3.8, 4) is 0 Å². The van der Waals surface area contributed by atoms with Gasteiger partial charge in [0, 0.05) is 0 Å². The van der Waals surface area contributed by atoms with Gasteiger partial charge in [-0.25, -0.2) is 84.2 Å². The molecule has 0 aliphatic heterocycles. The second kappa shape index (κ2) is 38.3. The second-order valence-electron chi connectivity index (χ2n) is 12.6. The number of hydrogen-bond donors (Lipinski definition) is 0. The van der Waals surface area contributed by atoms with Crippen LogP contribution in [0.1, 0.15) is 96.8 Å². The molecule has 362 valence electrons. The Kier molecular flexibility index (Phi) is 56.9. The van der Waals surface area contributed by atoms with Gasteiger partial charge in [-0.1, -0.05) is 90.4 Å². The molecule has 30 nitrogen and oxygen atoms in total. The Bertz CT molecular complexity index is 2580. The van der Waals surface area contributed by atoms with Crippen LogP contribution in [-0.4, -0.2) is 151 Å². The molecule has 0 saturated heterocycles. The van der Waals surface area contributed by atoms with Crippen LogP contribution >= 0.6 is 0 Å². The van der Waals surface area contributed by atoms with Gasteiger partial charge in [-0.3, -0.25) is 0 Å². The van der Waals surface area contributed by atoms with Crippen LogP contribution in [-0.2, 0) is 101 Å². The summed E-state index contributed by atoms with van der Waals surface area (Å²) in [7, 11) is -96.2. The molecule has 0 radical (unpaired) electrons. The van der Waals surface area contributed by atoms with Crippen LogP contribution in [0.5, 0.6) is 0 Å². The SMILES string of the molecule is CCCCCCCCCCCCCCCC(C(C(C(C(S(=O)(=O)[O-])(S(=O)(=O)[O-])S(=O)(=O)[O-])(S(=O)(=O)[O-])S(=O)(=O)[O-])(S(=O)(=O)[O-])S(=O)(=O)[O-])(S(=O)(=O)[O-])S(=O)(=O)[O-])S(=O)(=O)[O-].[Na+].[Na+].[Na+].[Na+].[Na+].[Na+].[Na+].[Na+].[Na+].[Na+]. The third kappa shape index (κ3) is 21.5. The summed E-state index contributed by atoms with van der Waals surface area (Å²) in [5, 5.41) is -5.77. The van der Waals surface area contributed by atoms with E-state index in [1.165, 1.54) is 0 Å². The smallest absolute Gasteiger partial charge is 0.748 e. The maximum atomic E-state index is 13.1. The van der Waals surface area contributed by atoms with Crippen molar-refractivity contribution in [2.24, 2.45) is 0 Å². The standard InChI is InChI=1S/C20H42O30S10.10Na/c1-2-3-4-5-6-7-8-9-10-11-12-13-14-15-16(51(21,22)23)17(52(24,25)26,53(27,28)29)18(54(30,31)32,55(33,34)35)19(56(36,37)38,57(39,40)41)20(58(42,43)44,59(45,46)47)60(48,49)50;;;;;;;;;;/h16H,2-15H2,1H3,(H,21,22,23)(H,24,25,26)(H,27,28,29)(H,30,31,32)(H,33,34,35)(H,36,37,38)(H,39,40,41)(H,42,43,44)(H,45,46,47)(H,48,49,50);;;;;;;;;;/q;10*+1/p-10. The van der Waals surface area contributed by atoms with E-state index in [0.29, 0.717) is 19.3 Å². The normalized spacial score (nSPS) is 13.8. The van der Waals surface area contributed by atoms with E-state index in [9.17, 15) is 130 Å². The zero-order valence-corrected chi connectivity index (χ0v) is 68.0. The van der Waals surface area contributed by atoms with Gasteiger partial charge in [0.05, 0.1) is 5.25 Å². The monoisotopic (exact) mass is 1300 g/mol. The van der Waals surface area contributed by atoms with E-state index >= 15 is 0 Å². The van der Waals surface area contributed by atoms with E-state index in [-0.39, 0.29) is 315 Å². The molecule has 0 aliphatic rings. The summed E-state index contributed by atoms with van der Waals surface area (Å²) >= 11 is 0. The first-order valence-electron chi connectivity index (χ1n) is 15.7. The van der Waals surface area contributed by atoms with Crippen molar-refractivity contribution in [1.82, 2.24) is 0 Å². The van der Waals surface area contributed by atoms with Crippen LogP contribution in [0.4, 0.5) is 0 Å². The molecule has 70 heavy (non-hydrogen) atoms. The van der Waals surface area contributed by atoms with Crippen molar-refractivity contribution in [3.63, 3.8) is 0 Å². The van der Waals surface area contributed by atoms with Crippen molar-refractivity contribution >= 4 is 101 Å². The zero-order valence-electron chi connectivity index (χ0n) is 39.8. The van der Waals surface area contributed by atoms with Crippen LogP contribution < -0.4 is 296 Å². The van der Waals surface area contributed by atoms with Crippen molar-refractivity contribution in [3.05, 3.63) is 0 Å². The molecule has 0 amide bonds. The quantitative estimate of drug-likeness (QED) is 0.0399. The molecule has 1 unspecified atom stereocenters. The Morgan fingerprint density at radius 1 is 0.286 bits per heavy atom. The fourth-order valence-electron chi connectivity index (χ4n) is 6.72. The van der Waals surface area contributed by atoms with Crippen LogP contribution in [0.3, 0.4) is 0 Å². The Balaban J connectivity index is -0.000000387. The number of hydrogen-bond acceptors (Lipinski definition) is 30. The summed E-state index contributed by atoms with van der Waals surface area (Å²) in [4.78, 5) is 0. The first kappa shape index (κ1) is 104. The van der Waals surface area contributed by atoms with E-state index in [1.807, 2.05) is 6.92 Å². The maximum Gasteiger partial charge on any atom is 1.00 e. The minimum Gasteiger partial charge on any atom is -0.748 e. The Morgan fingerprint density at radius 2 is 0.486 bits per heavy atom. The van der Waals surface area contributed by atoms with E-state index in [4.69, 9.17) is 0 Å². The van der Waals surface area contributed by atoms with Gasteiger partial charge in [0.2, 0.25) is 8.16 Å². The molecule has 0 aromatic heterocycles. The van der Waals surface area contributed by atoms with Gasteiger partial charge >= 0.3 is 296 Å². The predicted octanol–water partition coefficient (Wildman–Crippen LogP) is -34.9. The van der Waals surface area contributed by atoms with Gasteiger partial charge in [-0.05, 0) is 6.42 Å². The van der Waals surface area contributed by atoms with Crippen LogP contribution in [0.15, 0.2) is 0 Å². The molecule has 0 saturated carbocycles. The minimum absolute atomic E-state index is 0. The van der Waals surface area contributed by atoms with E-state index in [1.54, 1.807) is 0 Å². The fraction of sp³-hybridized carbons (Fsp3) is 1.00. The first-order chi connectivity index (χ1) is 26.2. The second-order valence-corrected chi connectivity index (χ2v) is 29.4. The molecule has 1 atom stereocenters. The summed E-state index contributed by atoms with van der Waals surface area (Å²) in [5.74, 6) is 0. The molecule has 0 aromatic carbocycles. The summed E-state index contributed by atoms with van der Waals surface area (Å²) in [6, 6.07) is 0. The Morgan fingerprint density at radius 3 is 0.643 bits per heavy atom. The van der Waals surface area contributed by atoms with Crippen LogP contribution in [0, 0.1) is 0 Å². The molecule has 0 spiro atoms. The molecule has 50 heteroatoms. The average Bonchev–Trinajstić information content (AvgIpc) is 2.93. The molecule has 0 aliphatic carbocycles. The molecule has 0 N–H and O–H groups in total. The predicted molar refractivity (Wildman–Crippen MR) is 182 cm³/mol. The first-order valence-corrected chi connectivity index (χ1v) is 29.9. The van der Waals surface area contributed by atoms with E-state index in [2.05, 4.69) is 0 Å². The molecule has 0 fully saturated rings.